The molecule has 0 atom stereocenters. The third kappa shape index (κ3) is 3.19. The Bertz CT molecular complexity index is 917. The third-order valence-electron chi connectivity index (χ3n) is 3.38. The molecule has 0 saturated heterocycles. The number of anilines is 1. The Hall–Kier alpha value is -2.04. The van der Waals surface area contributed by atoms with Crippen LogP contribution in [0, 0.1) is 13.8 Å². The van der Waals surface area contributed by atoms with Crippen molar-refractivity contribution in [3.8, 4) is 0 Å². The zero-order chi connectivity index (χ0) is 16.4. The molecule has 23 heavy (non-hydrogen) atoms. The second kappa shape index (κ2) is 6.22. The fraction of sp³-hybridized carbons (Fsp3) is 0.308. The normalized spacial score (nSPS) is 11.9. The monoisotopic (exact) mass is 352 g/mol. The lowest BCUT2D eigenvalue weighted by molar-refractivity contribution is 0.585. The largest absolute Gasteiger partial charge is 0.368 e. The van der Waals surface area contributed by atoms with Crippen molar-refractivity contribution < 1.29 is 8.42 Å². The molecular weight excluding hydrogens is 336 g/mol. The Morgan fingerprint density at radius 2 is 2.13 bits per heavy atom. The summed E-state index contributed by atoms with van der Waals surface area (Å²) in [6, 6.07) is 3.29. The molecule has 0 aliphatic rings. The molecule has 10 heteroatoms. The molecule has 3 aromatic rings. The van der Waals surface area contributed by atoms with Crippen LogP contribution in [0.25, 0.3) is 5.78 Å². The van der Waals surface area contributed by atoms with Gasteiger partial charge in [0.2, 0.25) is 10.0 Å². The van der Waals surface area contributed by atoms with E-state index in [9.17, 15) is 8.42 Å². The van der Waals surface area contributed by atoms with Crippen molar-refractivity contribution in [1.29, 1.82) is 0 Å². The maximum Gasteiger partial charge on any atom is 0.254 e. The Labute approximate surface area is 137 Å². The van der Waals surface area contributed by atoms with Crippen LogP contribution < -0.4 is 10.0 Å². The summed E-state index contributed by atoms with van der Waals surface area (Å²) in [6.07, 6.45) is 1.44. The van der Waals surface area contributed by atoms with Crippen molar-refractivity contribution in [2.45, 2.75) is 18.1 Å². The van der Waals surface area contributed by atoms with E-state index in [4.69, 9.17) is 0 Å². The van der Waals surface area contributed by atoms with Crippen molar-refractivity contribution in [1.82, 2.24) is 24.3 Å². The lowest BCUT2D eigenvalue weighted by Crippen LogP contribution is -2.29. The summed E-state index contributed by atoms with van der Waals surface area (Å²) in [7, 11) is -3.44. The zero-order valence-electron chi connectivity index (χ0n) is 12.6. The number of rotatable bonds is 6. The van der Waals surface area contributed by atoms with Crippen molar-refractivity contribution >= 4 is 33.0 Å². The van der Waals surface area contributed by atoms with Crippen LogP contribution in [0.3, 0.4) is 0 Å². The highest BCUT2D eigenvalue weighted by Crippen LogP contribution is 2.17. The fourth-order valence-corrected chi connectivity index (χ4v) is 4.16. The summed E-state index contributed by atoms with van der Waals surface area (Å²) >= 11 is 1.19. The average Bonchev–Trinajstić information content (AvgIpc) is 3.17. The van der Waals surface area contributed by atoms with E-state index in [0.29, 0.717) is 16.5 Å². The van der Waals surface area contributed by atoms with Gasteiger partial charge < -0.3 is 5.32 Å². The predicted octanol–water partition coefficient (Wildman–Crippen LogP) is 1.19. The molecule has 0 unspecified atom stereocenters. The van der Waals surface area contributed by atoms with Gasteiger partial charge in [-0.2, -0.15) is 14.6 Å². The Balaban J connectivity index is 1.68. The van der Waals surface area contributed by atoms with Crippen molar-refractivity contribution in [2.24, 2.45) is 0 Å². The highest BCUT2D eigenvalue weighted by molar-refractivity contribution is 7.91. The molecule has 8 nitrogen and oxygen atoms in total. The van der Waals surface area contributed by atoms with Gasteiger partial charge in [-0.25, -0.2) is 18.1 Å². The van der Waals surface area contributed by atoms with Gasteiger partial charge in [-0.05, 0) is 25.3 Å². The van der Waals surface area contributed by atoms with Crippen LogP contribution in [0.5, 0.6) is 0 Å². The molecule has 0 aromatic carbocycles. The highest BCUT2D eigenvalue weighted by atomic mass is 32.2. The van der Waals surface area contributed by atoms with Crippen LogP contribution in [0.15, 0.2) is 28.0 Å². The number of fused-ring (bicyclic) bond motifs is 1. The molecule has 0 amide bonds. The van der Waals surface area contributed by atoms with Crippen LogP contribution in [0.4, 0.5) is 5.82 Å². The first kappa shape index (κ1) is 15.8. The van der Waals surface area contributed by atoms with Crippen LogP contribution in [0.1, 0.15) is 11.3 Å². The summed E-state index contributed by atoms with van der Waals surface area (Å²) in [5.74, 6) is 1.27. The van der Waals surface area contributed by atoms with E-state index in [1.54, 1.807) is 22.0 Å². The van der Waals surface area contributed by atoms with Gasteiger partial charge in [0.15, 0.2) is 0 Å². The van der Waals surface area contributed by atoms with E-state index >= 15 is 0 Å². The van der Waals surface area contributed by atoms with Gasteiger partial charge in [-0.3, -0.25) is 0 Å². The van der Waals surface area contributed by atoms with Gasteiger partial charge in [0.05, 0.1) is 0 Å². The molecule has 0 radical (unpaired) electrons. The fourth-order valence-electron chi connectivity index (χ4n) is 2.09. The number of hydrogen-bond donors (Lipinski definition) is 2. The molecule has 122 valence electrons. The highest BCUT2D eigenvalue weighted by Gasteiger charge is 2.14. The second-order valence-electron chi connectivity index (χ2n) is 4.90. The quantitative estimate of drug-likeness (QED) is 0.646. The van der Waals surface area contributed by atoms with Crippen molar-refractivity contribution in [2.75, 3.05) is 18.4 Å². The van der Waals surface area contributed by atoms with E-state index in [-0.39, 0.29) is 6.54 Å². The molecule has 0 fully saturated rings. The standard InChI is InChI=1S/C13H16N6O2S2/c1-9-10(2)18-13-15-8-16-19(13)12(9)14-5-6-17-23(20,21)11-4-3-7-22-11/h3-4,7-8,14,17H,5-6H2,1-2H3. The van der Waals surface area contributed by atoms with Gasteiger partial charge in [0.25, 0.3) is 5.78 Å². The van der Waals surface area contributed by atoms with Crippen LogP contribution in [-0.2, 0) is 10.0 Å². The lowest BCUT2D eigenvalue weighted by atomic mass is 10.2. The Morgan fingerprint density at radius 1 is 1.30 bits per heavy atom. The second-order valence-corrected chi connectivity index (χ2v) is 7.84. The first-order valence-corrected chi connectivity index (χ1v) is 9.29. The SMILES string of the molecule is Cc1nc2ncnn2c(NCCNS(=O)(=O)c2cccs2)c1C. The van der Waals surface area contributed by atoms with E-state index in [1.807, 2.05) is 13.8 Å². The van der Waals surface area contributed by atoms with E-state index in [2.05, 4.69) is 25.1 Å². The van der Waals surface area contributed by atoms with E-state index < -0.39 is 10.0 Å². The lowest BCUT2D eigenvalue weighted by Gasteiger charge is -2.12. The number of aromatic nitrogens is 4. The number of thiophene rings is 1. The molecule has 2 N–H and O–H groups in total. The first-order chi connectivity index (χ1) is 11.0. The maximum absolute atomic E-state index is 12.0. The van der Waals surface area contributed by atoms with Crippen molar-refractivity contribution in [3.05, 3.63) is 35.1 Å². The number of aryl methyl sites for hydroxylation is 1. The maximum atomic E-state index is 12.0. The van der Waals surface area contributed by atoms with Crippen LogP contribution >= 0.6 is 11.3 Å². The minimum atomic E-state index is -3.44. The molecular formula is C13H16N6O2S2. The smallest absolute Gasteiger partial charge is 0.254 e. The average molecular weight is 352 g/mol. The minimum absolute atomic E-state index is 0.261. The third-order valence-corrected chi connectivity index (χ3v) is 6.24. The Kier molecular flexibility index (Phi) is 4.28. The number of hydrogen-bond acceptors (Lipinski definition) is 7. The first-order valence-electron chi connectivity index (χ1n) is 6.93. The molecule has 0 aliphatic carbocycles. The van der Waals surface area contributed by atoms with Gasteiger partial charge in [-0.15, -0.1) is 11.3 Å². The molecule has 0 spiro atoms. The number of nitrogens with zero attached hydrogens (tertiary/aromatic N) is 4. The van der Waals surface area contributed by atoms with Crippen molar-refractivity contribution in [3.63, 3.8) is 0 Å². The van der Waals surface area contributed by atoms with Gasteiger partial charge in [0, 0.05) is 24.3 Å². The molecule has 0 bridgehead atoms. The molecule has 3 heterocycles. The van der Waals surface area contributed by atoms with E-state index in [1.165, 1.54) is 17.7 Å². The molecule has 0 aliphatic heterocycles. The summed E-state index contributed by atoms with van der Waals surface area (Å²) in [4.78, 5) is 8.41. The minimum Gasteiger partial charge on any atom is -0.368 e. The van der Waals surface area contributed by atoms with Gasteiger partial charge in [0.1, 0.15) is 16.4 Å². The predicted molar refractivity (Wildman–Crippen MR) is 88.3 cm³/mol. The summed E-state index contributed by atoms with van der Waals surface area (Å²) in [5, 5.41) is 9.06. The van der Waals surface area contributed by atoms with Gasteiger partial charge >= 0.3 is 0 Å². The zero-order valence-corrected chi connectivity index (χ0v) is 14.3. The Morgan fingerprint density at radius 3 is 2.87 bits per heavy atom. The number of sulfonamides is 1. The summed E-state index contributed by atoms with van der Waals surface area (Å²) in [6.45, 7) is 4.51. The molecule has 3 rings (SSSR count). The summed E-state index contributed by atoms with van der Waals surface area (Å²) < 4.78 is 28.5. The van der Waals surface area contributed by atoms with Crippen LogP contribution in [-0.4, -0.2) is 41.1 Å². The molecule has 3 aromatic heterocycles. The van der Waals surface area contributed by atoms with Gasteiger partial charge in [-0.1, -0.05) is 6.07 Å². The van der Waals surface area contributed by atoms with Crippen LogP contribution in [0.2, 0.25) is 0 Å². The molecule has 0 saturated carbocycles. The van der Waals surface area contributed by atoms with E-state index in [0.717, 1.165) is 17.1 Å². The number of nitrogens with one attached hydrogen (secondary N) is 2. The topological polar surface area (TPSA) is 101 Å². The summed E-state index contributed by atoms with van der Waals surface area (Å²) in [5.41, 5.74) is 1.80.